The minimum absolute atomic E-state index is 0.0728. The van der Waals surface area contributed by atoms with Crippen molar-refractivity contribution in [3.05, 3.63) is 41.9 Å². The van der Waals surface area contributed by atoms with Gasteiger partial charge in [0.25, 0.3) is 0 Å². The monoisotopic (exact) mass is 258 g/mol. The summed E-state index contributed by atoms with van der Waals surface area (Å²) in [6.07, 6.45) is 8.02. The predicted octanol–water partition coefficient (Wildman–Crippen LogP) is 2.86. The Morgan fingerprint density at radius 1 is 1.21 bits per heavy atom. The minimum Gasteiger partial charge on any atom is -0.359 e. The van der Waals surface area contributed by atoms with Crippen LogP contribution in [0.2, 0.25) is 0 Å². The smallest absolute Gasteiger partial charge is 0.133 e. The Hall–Kier alpha value is -1.84. The summed E-state index contributed by atoms with van der Waals surface area (Å²) in [4.78, 5) is 6.89. The van der Waals surface area contributed by atoms with Crippen LogP contribution in [0.25, 0.3) is 0 Å². The van der Waals surface area contributed by atoms with Crippen LogP contribution in [-0.2, 0) is 0 Å². The van der Waals surface area contributed by atoms with E-state index in [2.05, 4.69) is 52.6 Å². The lowest BCUT2D eigenvalue weighted by atomic mass is 10.2. The lowest BCUT2D eigenvalue weighted by Crippen LogP contribution is -2.37. The zero-order valence-corrected chi connectivity index (χ0v) is 12.2. The first kappa shape index (κ1) is 13.6. The summed E-state index contributed by atoms with van der Waals surface area (Å²) in [5.41, 5.74) is 2.20. The van der Waals surface area contributed by atoms with Crippen LogP contribution in [0, 0.1) is 13.8 Å². The fraction of sp³-hybridized carbons (Fsp3) is 0.467. The Morgan fingerprint density at radius 3 is 2.53 bits per heavy atom. The summed E-state index contributed by atoms with van der Waals surface area (Å²) >= 11 is 0. The number of aromatic nitrogens is 2. The molecule has 0 N–H and O–H groups in total. The molecule has 1 aliphatic heterocycles. The first-order valence-corrected chi connectivity index (χ1v) is 6.86. The van der Waals surface area contributed by atoms with Crippen molar-refractivity contribution in [2.45, 2.75) is 33.7 Å². The fourth-order valence-corrected chi connectivity index (χ4v) is 2.44. The maximum Gasteiger partial charge on any atom is 0.133 e. The van der Waals surface area contributed by atoms with E-state index in [1.165, 1.54) is 0 Å². The average Bonchev–Trinajstić information content (AvgIpc) is 2.61. The minimum atomic E-state index is 0.0728. The van der Waals surface area contributed by atoms with Crippen molar-refractivity contribution >= 4 is 5.84 Å². The van der Waals surface area contributed by atoms with Gasteiger partial charge >= 0.3 is 0 Å². The van der Waals surface area contributed by atoms with Gasteiger partial charge in [0.05, 0.1) is 5.69 Å². The Labute approximate surface area is 115 Å². The van der Waals surface area contributed by atoms with Crippen molar-refractivity contribution in [3.8, 4) is 0 Å². The molecule has 1 aromatic heterocycles. The molecular weight excluding hydrogens is 236 g/mol. The van der Waals surface area contributed by atoms with Crippen LogP contribution in [-0.4, -0.2) is 33.6 Å². The van der Waals surface area contributed by atoms with E-state index >= 15 is 0 Å². The molecule has 19 heavy (non-hydrogen) atoms. The number of hydrogen-bond donors (Lipinski definition) is 0. The highest BCUT2D eigenvalue weighted by molar-refractivity contribution is 5.88. The summed E-state index contributed by atoms with van der Waals surface area (Å²) in [5.74, 6) is 1.06. The van der Waals surface area contributed by atoms with Gasteiger partial charge in [-0.05, 0) is 39.8 Å². The van der Waals surface area contributed by atoms with E-state index < -0.39 is 0 Å². The molecule has 4 heteroatoms. The van der Waals surface area contributed by atoms with Gasteiger partial charge in [-0.1, -0.05) is 12.2 Å². The molecule has 0 aromatic carbocycles. The third-order valence-corrected chi connectivity index (χ3v) is 3.36. The van der Waals surface area contributed by atoms with Gasteiger partial charge in [0.2, 0.25) is 0 Å². The van der Waals surface area contributed by atoms with Gasteiger partial charge in [-0.3, -0.25) is 4.68 Å². The van der Waals surface area contributed by atoms with Gasteiger partial charge in [-0.15, -0.1) is 0 Å². The van der Waals surface area contributed by atoms with Crippen molar-refractivity contribution < 1.29 is 0 Å². The highest BCUT2D eigenvalue weighted by atomic mass is 15.3. The van der Waals surface area contributed by atoms with Crippen molar-refractivity contribution in [2.75, 3.05) is 13.1 Å². The Kier molecular flexibility index (Phi) is 4.20. The van der Waals surface area contributed by atoms with Crippen LogP contribution >= 0.6 is 0 Å². The second-order valence-corrected chi connectivity index (χ2v) is 4.70. The SMILES string of the molecule is CCN(CC)C1=NC=CC=CC1n1nc(C)cc1C. The number of nitrogens with zero attached hydrogens (tertiary/aromatic N) is 4. The van der Waals surface area contributed by atoms with E-state index in [0.717, 1.165) is 30.3 Å². The largest absolute Gasteiger partial charge is 0.359 e. The van der Waals surface area contributed by atoms with Crippen LogP contribution in [0.4, 0.5) is 0 Å². The van der Waals surface area contributed by atoms with Gasteiger partial charge in [0.15, 0.2) is 0 Å². The van der Waals surface area contributed by atoms with Gasteiger partial charge in [-0.25, -0.2) is 4.99 Å². The molecule has 102 valence electrons. The lowest BCUT2D eigenvalue weighted by Gasteiger charge is -2.28. The molecule has 2 rings (SSSR count). The molecule has 1 unspecified atom stereocenters. The van der Waals surface area contributed by atoms with Gasteiger partial charge < -0.3 is 4.90 Å². The van der Waals surface area contributed by atoms with Crippen molar-refractivity contribution in [2.24, 2.45) is 4.99 Å². The average molecular weight is 258 g/mol. The molecule has 4 nitrogen and oxygen atoms in total. The van der Waals surface area contributed by atoms with Crippen LogP contribution in [0.15, 0.2) is 35.5 Å². The molecule has 0 spiro atoms. The maximum atomic E-state index is 4.61. The molecule has 0 saturated heterocycles. The van der Waals surface area contributed by atoms with E-state index in [0.29, 0.717) is 0 Å². The van der Waals surface area contributed by atoms with Gasteiger partial charge in [-0.2, -0.15) is 5.10 Å². The lowest BCUT2D eigenvalue weighted by molar-refractivity contribution is 0.433. The second-order valence-electron chi connectivity index (χ2n) is 4.70. The number of rotatable bonds is 3. The van der Waals surface area contributed by atoms with Gasteiger partial charge in [0.1, 0.15) is 11.9 Å². The molecule has 0 radical (unpaired) electrons. The Morgan fingerprint density at radius 2 is 1.95 bits per heavy atom. The highest BCUT2D eigenvalue weighted by Crippen LogP contribution is 2.19. The summed E-state index contributed by atoms with van der Waals surface area (Å²) in [6.45, 7) is 10.3. The molecule has 0 fully saturated rings. The molecule has 0 amide bonds. The molecule has 1 atom stereocenters. The number of amidine groups is 1. The predicted molar refractivity (Wildman–Crippen MR) is 79.4 cm³/mol. The van der Waals surface area contributed by atoms with Crippen LogP contribution in [0.3, 0.4) is 0 Å². The fourth-order valence-electron chi connectivity index (χ4n) is 2.44. The van der Waals surface area contributed by atoms with Gasteiger partial charge in [0, 0.05) is 25.0 Å². The highest BCUT2D eigenvalue weighted by Gasteiger charge is 2.22. The van der Waals surface area contributed by atoms with Crippen molar-refractivity contribution in [3.63, 3.8) is 0 Å². The Balaban J connectivity index is 2.43. The number of hydrogen-bond acceptors (Lipinski definition) is 3. The molecule has 0 bridgehead atoms. The van der Waals surface area contributed by atoms with Crippen molar-refractivity contribution in [1.29, 1.82) is 0 Å². The van der Waals surface area contributed by atoms with Crippen LogP contribution in [0.1, 0.15) is 31.3 Å². The van der Waals surface area contributed by atoms with Crippen LogP contribution < -0.4 is 0 Å². The summed E-state index contributed by atoms with van der Waals surface area (Å²) in [6, 6.07) is 2.18. The molecule has 1 aromatic rings. The van der Waals surface area contributed by atoms with Crippen LogP contribution in [0.5, 0.6) is 0 Å². The molecule has 0 saturated carbocycles. The summed E-state index contributed by atoms with van der Waals surface area (Å²) in [5, 5.41) is 4.61. The van der Waals surface area contributed by atoms with E-state index in [4.69, 9.17) is 0 Å². The number of aliphatic imine (C=N–C) groups is 1. The number of aryl methyl sites for hydroxylation is 2. The summed E-state index contributed by atoms with van der Waals surface area (Å²) < 4.78 is 2.05. The first-order valence-electron chi connectivity index (χ1n) is 6.86. The summed E-state index contributed by atoms with van der Waals surface area (Å²) in [7, 11) is 0. The van der Waals surface area contributed by atoms with E-state index in [9.17, 15) is 0 Å². The standard InChI is InChI=1S/C15H22N4/c1-5-18(6-2)15-14(9-7-8-10-16-15)19-13(4)11-12(3)17-19/h7-11,14H,5-6H2,1-4H3. The second kappa shape index (κ2) is 5.87. The topological polar surface area (TPSA) is 33.4 Å². The molecule has 0 aliphatic carbocycles. The molecule has 1 aliphatic rings. The normalized spacial score (nSPS) is 18.3. The number of likely N-dealkylation sites (N-methyl/N-ethyl adjacent to an activating group) is 1. The first-order chi connectivity index (χ1) is 9.17. The Bertz CT molecular complexity index is 518. The third-order valence-electron chi connectivity index (χ3n) is 3.36. The van der Waals surface area contributed by atoms with E-state index in [-0.39, 0.29) is 6.04 Å². The zero-order chi connectivity index (χ0) is 13.8. The van der Waals surface area contributed by atoms with E-state index in [1.807, 2.05) is 25.3 Å². The molecular formula is C15H22N4. The number of allylic oxidation sites excluding steroid dienone is 2. The zero-order valence-electron chi connectivity index (χ0n) is 12.2. The van der Waals surface area contributed by atoms with E-state index in [1.54, 1.807) is 0 Å². The van der Waals surface area contributed by atoms with Crippen molar-refractivity contribution in [1.82, 2.24) is 14.7 Å². The molecule has 2 heterocycles. The quantitative estimate of drug-likeness (QED) is 0.835. The third kappa shape index (κ3) is 2.78. The maximum absolute atomic E-state index is 4.61.